The van der Waals surface area contributed by atoms with Crippen molar-refractivity contribution in [3.63, 3.8) is 0 Å². The second kappa shape index (κ2) is 5.64. The first-order valence-electron chi connectivity index (χ1n) is 6.95. The number of amides is 1. The normalized spacial score (nSPS) is 22.3. The number of benzene rings is 1. The third-order valence-corrected chi connectivity index (χ3v) is 3.97. The van der Waals surface area contributed by atoms with E-state index in [2.05, 4.69) is 11.4 Å². The number of nitriles is 1. The van der Waals surface area contributed by atoms with E-state index in [-0.39, 0.29) is 11.8 Å². The maximum Gasteiger partial charge on any atom is 0.230 e. The molecule has 1 aromatic carbocycles. The first kappa shape index (κ1) is 14.5. The summed E-state index contributed by atoms with van der Waals surface area (Å²) < 4.78 is 0. The molecule has 4 nitrogen and oxygen atoms in total. The number of carbonyl (C=O) groups excluding carboxylic acids is 1. The molecule has 1 amide bonds. The van der Waals surface area contributed by atoms with Gasteiger partial charge in [-0.2, -0.15) is 5.26 Å². The maximum absolute atomic E-state index is 12.0. The van der Waals surface area contributed by atoms with E-state index >= 15 is 0 Å². The van der Waals surface area contributed by atoms with Crippen molar-refractivity contribution in [1.29, 1.82) is 5.26 Å². The van der Waals surface area contributed by atoms with Gasteiger partial charge in [0, 0.05) is 5.69 Å². The Morgan fingerprint density at radius 2 is 2.00 bits per heavy atom. The van der Waals surface area contributed by atoms with Crippen LogP contribution in [0.5, 0.6) is 0 Å². The quantitative estimate of drug-likeness (QED) is 0.888. The third kappa shape index (κ3) is 3.00. The van der Waals surface area contributed by atoms with Crippen molar-refractivity contribution in [2.24, 2.45) is 5.92 Å². The molecular formula is C16H20N2O2. The van der Waals surface area contributed by atoms with Crippen LogP contribution < -0.4 is 5.32 Å². The van der Waals surface area contributed by atoms with E-state index in [0.717, 1.165) is 18.4 Å². The van der Waals surface area contributed by atoms with Gasteiger partial charge in [-0.05, 0) is 50.8 Å². The molecule has 1 fully saturated rings. The predicted molar refractivity (Wildman–Crippen MR) is 77.1 cm³/mol. The molecule has 2 unspecified atom stereocenters. The third-order valence-electron chi connectivity index (χ3n) is 3.97. The van der Waals surface area contributed by atoms with Crippen LogP contribution in [0.2, 0.25) is 0 Å². The lowest BCUT2D eigenvalue weighted by molar-refractivity contribution is -0.122. The minimum atomic E-state index is -0.538. The molecule has 0 aliphatic heterocycles. The number of carbonyl (C=O) groups is 1. The van der Waals surface area contributed by atoms with Crippen molar-refractivity contribution in [3.8, 4) is 6.07 Å². The molecule has 1 aliphatic carbocycles. The SMILES string of the molecule is CC(C)(C#N)c1ccc(NC(=O)C2CCCC2O)cc1. The van der Waals surface area contributed by atoms with Gasteiger partial charge in [0.05, 0.1) is 23.5 Å². The summed E-state index contributed by atoms with van der Waals surface area (Å²) in [6.45, 7) is 3.71. The van der Waals surface area contributed by atoms with Gasteiger partial charge >= 0.3 is 0 Å². The summed E-state index contributed by atoms with van der Waals surface area (Å²) in [5, 5.41) is 21.6. The average Bonchev–Trinajstić information content (AvgIpc) is 2.85. The summed E-state index contributed by atoms with van der Waals surface area (Å²) in [5.41, 5.74) is 1.08. The van der Waals surface area contributed by atoms with Gasteiger partial charge in [-0.25, -0.2) is 0 Å². The number of anilines is 1. The highest BCUT2D eigenvalue weighted by Crippen LogP contribution is 2.27. The van der Waals surface area contributed by atoms with E-state index in [1.165, 1.54) is 0 Å². The molecular weight excluding hydrogens is 252 g/mol. The lowest BCUT2D eigenvalue weighted by Crippen LogP contribution is -2.28. The Balaban J connectivity index is 2.04. The van der Waals surface area contributed by atoms with Crippen LogP contribution in [0.1, 0.15) is 38.7 Å². The largest absolute Gasteiger partial charge is 0.392 e. The fourth-order valence-corrected chi connectivity index (χ4v) is 2.52. The Kier molecular flexibility index (Phi) is 4.10. The van der Waals surface area contributed by atoms with Crippen molar-refractivity contribution in [3.05, 3.63) is 29.8 Å². The minimum absolute atomic E-state index is 0.123. The monoisotopic (exact) mass is 272 g/mol. The van der Waals surface area contributed by atoms with Crippen LogP contribution in [-0.4, -0.2) is 17.1 Å². The second-order valence-corrected chi connectivity index (χ2v) is 5.91. The van der Waals surface area contributed by atoms with Gasteiger partial charge in [0.2, 0.25) is 5.91 Å². The summed E-state index contributed by atoms with van der Waals surface area (Å²) in [4.78, 5) is 12.0. The number of aliphatic hydroxyl groups is 1. The molecule has 106 valence electrons. The summed E-state index contributed by atoms with van der Waals surface area (Å²) in [6, 6.07) is 9.55. The van der Waals surface area contributed by atoms with E-state index in [4.69, 9.17) is 5.26 Å². The van der Waals surface area contributed by atoms with Gasteiger partial charge < -0.3 is 10.4 Å². The van der Waals surface area contributed by atoms with Gasteiger partial charge in [-0.1, -0.05) is 12.1 Å². The Bertz CT molecular complexity index is 528. The Morgan fingerprint density at radius 1 is 1.35 bits per heavy atom. The van der Waals surface area contributed by atoms with Gasteiger partial charge in [0.15, 0.2) is 0 Å². The highest BCUT2D eigenvalue weighted by Gasteiger charge is 2.31. The van der Waals surface area contributed by atoms with Crippen molar-refractivity contribution in [2.45, 2.75) is 44.6 Å². The first-order valence-corrected chi connectivity index (χ1v) is 6.95. The number of rotatable bonds is 3. The van der Waals surface area contributed by atoms with Crippen LogP contribution in [0.3, 0.4) is 0 Å². The molecule has 2 rings (SSSR count). The van der Waals surface area contributed by atoms with Crippen LogP contribution in [-0.2, 0) is 10.2 Å². The van der Waals surface area contributed by atoms with Gasteiger partial charge in [-0.3, -0.25) is 4.79 Å². The second-order valence-electron chi connectivity index (χ2n) is 5.91. The minimum Gasteiger partial charge on any atom is -0.392 e. The van der Waals surface area contributed by atoms with Crippen molar-refractivity contribution < 1.29 is 9.90 Å². The smallest absolute Gasteiger partial charge is 0.230 e. The summed E-state index contributed by atoms with van der Waals surface area (Å²) in [6.07, 6.45) is 1.82. The van der Waals surface area contributed by atoms with Crippen LogP contribution in [0, 0.1) is 17.2 Å². The summed E-state index contributed by atoms with van der Waals surface area (Å²) in [5.74, 6) is -0.424. The number of hydrogen-bond donors (Lipinski definition) is 2. The van der Waals surface area contributed by atoms with E-state index in [1.54, 1.807) is 12.1 Å². The highest BCUT2D eigenvalue weighted by molar-refractivity contribution is 5.93. The molecule has 0 spiro atoms. The molecule has 1 aromatic rings. The molecule has 0 heterocycles. The Hall–Kier alpha value is -1.86. The van der Waals surface area contributed by atoms with Gasteiger partial charge in [-0.15, -0.1) is 0 Å². The molecule has 2 atom stereocenters. The Labute approximate surface area is 119 Å². The van der Waals surface area contributed by atoms with Crippen molar-refractivity contribution in [1.82, 2.24) is 0 Å². The molecule has 2 N–H and O–H groups in total. The Morgan fingerprint density at radius 3 is 2.50 bits per heavy atom. The zero-order valence-corrected chi connectivity index (χ0v) is 11.9. The molecule has 20 heavy (non-hydrogen) atoms. The topological polar surface area (TPSA) is 73.1 Å². The number of nitrogens with zero attached hydrogens (tertiary/aromatic N) is 1. The first-order chi connectivity index (χ1) is 9.44. The molecule has 1 aliphatic rings. The number of nitrogens with one attached hydrogen (secondary N) is 1. The molecule has 0 bridgehead atoms. The lowest BCUT2D eigenvalue weighted by Gasteiger charge is -2.17. The number of aliphatic hydroxyl groups excluding tert-OH is 1. The van der Waals surface area contributed by atoms with Crippen LogP contribution >= 0.6 is 0 Å². The van der Waals surface area contributed by atoms with Gasteiger partial charge in [0.25, 0.3) is 0 Å². The van der Waals surface area contributed by atoms with Crippen LogP contribution in [0.4, 0.5) is 5.69 Å². The van der Waals surface area contributed by atoms with Crippen molar-refractivity contribution in [2.75, 3.05) is 5.32 Å². The van der Waals surface area contributed by atoms with E-state index in [0.29, 0.717) is 12.1 Å². The summed E-state index contributed by atoms with van der Waals surface area (Å²) in [7, 11) is 0. The highest BCUT2D eigenvalue weighted by atomic mass is 16.3. The lowest BCUT2D eigenvalue weighted by atomic mass is 9.86. The average molecular weight is 272 g/mol. The summed E-state index contributed by atoms with van der Waals surface area (Å²) >= 11 is 0. The van der Waals surface area contributed by atoms with E-state index in [1.807, 2.05) is 26.0 Å². The van der Waals surface area contributed by atoms with Crippen LogP contribution in [0.25, 0.3) is 0 Å². The zero-order chi connectivity index (χ0) is 14.8. The fraction of sp³-hybridized carbons (Fsp3) is 0.500. The molecule has 0 radical (unpaired) electrons. The number of hydrogen-bond acceptors (Lipinski definition) is 3. The zero-order valence-electron chi connectivity index (χ0n) is 11.9. The van der Waals surface area contributed by atoms with Crippen LogP contribution in [0.15, 0.2) is 24.3 Å². The molecule has 0 aromatic heterocycles. The van der Waals surface area contributed by atoms with Gasteiger partial charge in [0.1, 0.15) is 0 Å². The standard InChI is InChI=1S/C16H20N2O2/c1-16(2,10-17)11-6-8-12(9-7-11)18-15(20)13-4-3-5-14(13)19/h6-9,13-14,19H,3-5H2,1-2H3,(H,18,20). The predicted octanol–water partition coefficient (Wildman–Crippen LogP) is 2.59. The fourth-order valence-electron chi connectivity index (χ4n) is 2.52. The maximum atomic E-state index is 12.0. The van der Waals surface area contributed by atoms with E-state index in [9.17, 15) is 9.90 Å². The molecule has 1 saturated carbocycles. The van der Waals surface area contributed by atoms with E-state index < -0.39 is 11.5 Å². The van der Waals surface area contributed by atoms with Crippen molar-refractivity contribution >= 4 is 11.6 Å². The molecule has 0 saturated heterocycles. The molecule has 4 heteroatoms.